The van der Waals surface area contributed by atoms with Crippen LogP contribution >= 0.6 is 0 Å². The number of halogens is 1. The van der Waals surface area contributed by atoms with E-state index in [2.05, 4.69) is 11.1 Å². The maximum atomic E-state index is 12.9. The highest BCUT2D eigenvalue weighted by atomic mass is 19.1. The second-order valence-corrected chi connectivity index (χ2v) is 7.79. The summed E-state index contributed by atoms with van der Waals surface area (Å²) >= 11 is 0. The van der Waals surface area contributed by atoms with Crippen LogP contribution in [0.25, 0.3) is 0 Å². The molecule has 1 saturated carbocycles. The van der Waals surface area contributed by atoms with Gasteiger partial charge in [0, 0.05) is 31.3 Å². The molecule has 0 aromatic carbocycles. The van der Waals surface area contributed by atoms with Gasteiger partial charge < -0.3 is 14.4 Å². The van der Waals surface area contributed by atoms with Crippen LogP contribution in [0.15, 0.2) is 18.5 Å². The van der Waals surface area contributed by atoms with Crippen LogP contribution in [0.1, 0.15) is 36.8 Å². The van der Waals surface area contributed by atoms with Crippen LogP contribution in [0.5, 0.6) is 0 Å². The van der Waals surface area contributed by atoms with E-state index in [1.165, 1.54) is 0 Å². The molecule has 1 amide bonds. The summed E-state index contributed by atoms with van der Waals surface area (Å²) < 4.78 is 25.0. The molecule has 0 radical (unpaired) electrons. The van der Waals surface area contributed by atoms with Gasteiger partial charge in [0.25, 0.3) is 0 Å². The number of carbonyl (C=O) groups is 1. The summed E-state index contributed by atoms with van der Waals surface area (Å²) in [5.74, 6) is -0.0196. The van der Waals surface area contributed by atoms with E-state index in [1.807, 2.05) is 24.2 Å². The molecular formula is C19H25FN2O3. The first kappa shape index (κ1) is 16.9. The Hall–Kier alpha value is -1.53. The molecule has 3 aliphatic rings. The smallest absolute Gasteiger partial charge is 0.226 e. The molecule has 0 bridgehead atoms. The fraction of sp³-hybridized carbons (Fsp3) is 0.684. The number of alkyl halides is 1. The summed E-state index contributed by atoms with van der Waals surface area (Å²) in [5, 5.41) is 0. The molecule has 4 rings (SSSR count). The zero-order valence-corrected chi connectivity index (χ0v) is 14.6. The monoisotopic (exact) mass is 348 g/mol. The van der Waals surface area contributed by atoms with Gasteiger partial charge in [0.2, 0.25) is 5.91 Å². The Balaban J connectivity index is 1.26. The van der Waals surface area contributed by atoms with E-state index in [0.29, 0.717) is 39.1 Å². The van der Waals surface area contributed by atoms with Crippen molar-refractivity contribution in [2.24, 2.45) is 5.92 Å². The topological polar surface area (TPSA) is 51.7 Å². The van der Waals surface area contributed by atoms with Crippen molar-refractivity contribution in [1.29, 1.82) is 0 Å². The van der Waals surface area contributed by atoms with E-state index in [4.69, 9.17) is 9.47 Å². The predicted molar refractivity (Wildman–Crippen MR) is 89.7 cm³/mol. The average Bonchev–Trinajstić information content (AvgIpc) is 2.55. The SMILES string of the molecule is Cc1cncc(COC2CCOC3(C2)CN(C(=O)C2CC(F)C2)C3)c1. The molecule has 1 aromatic heterocycles. The van der Waals surface area contributed by atoms with E-state index >= 15 is 0 Å². The second kappa shape index (κ2) is 6.65. The summed E-state index contributed by atoms with van der Waals surface area (Å²) in [4.78, 5) is 18.3. The van der Waals surface area contributed by atoms with Gasteiger partial charge in [-0.25, -0.2) is 4.39 Å². The quantitative estimate of drug-likeness (QED) is 0.839. The first-order valence-electron chi connectivity index (χ1n) is 9.12. The number of amides is 1. The molecule has 5 nitrogen and oxygen atoms in total. The van der Waals surface area contributed by atoms with Crippen molar-refractivity contribution < 1.29 is 18.7 Å². The molecule has 1 aliphatic carbocycles. The van der Waals surface area contributed by atoms with Gasteiger partial charge in [0.1, 0.15) is 11.8 Å². The Morgan fingerprint density at radius 3 is 2.96 bits per heavy atom. The molecule has 1 atom stereocenters. The highest BCUT2D eigenvalue weighted by Gasteiger charge is 2.51. The molecule has 25 heavy (non-hydrogen) atoms. The molecule has 2 saturated heterocycles. The zero-order chi connectivity index (χ0) is 17.4. The summed E-state index contributed by atoms with van der Waals surface area (Å²) in [5.41, 5.74) is 1.95. The zero-order valence-electron chi connectivity index (χ0n) is 14.6. The van der Waals surface area contributed by atoms with Crippen LogP contribution < -0.4 is 0 Å². The number of ether oxygens (including phenoxy) is 2. The van der Waals surface area contributed by atoms with Crippen molar-refractivity contribution in [3.8, 4) is 0 Å². The lowest BCUT2D eigenvalue weighted by molar-refractivity contribution is -0.206. The van der Waals surface area contributed by atoms with Crippen LogP contribution in [-0.4, -0.2) is 53.4 Å². The van der Waals surface area contributed by atoms with Crippen molar-refractivity contribution >= 4 is 5.91 Å². The Labute approximate surface area is 147 Å². The molecule has 0 N–H and O–H groups in total. The van der Waals surface area contributed by atoms with Gasteiger partial charge in [-0.3, -0.25) is 9.78 Å². The van der Waals surface area contributed by atoms with Gasteiger partial charge in [0.05, 0.1) is 25.8 Å². The fourth-order valence-electron chi connectivity index (χ4n) is 4.07. The van der Waals surface area contributed by atoms with Crippen LogP contribution in [-0.2, 0) is 20.9 Å². The Morgan fingerprint density at radius 2 is 2.24 bits per heavy atom. The average molecular weight is 348 g/mol. The molecule has 3 fully saturated rings. The lowest BCUT2D eigenvalue weighted by Crippen LogP contribution is -2.68. The molecule has 1 unspecified atom stereocenters. The molecule has 3 heterocycles. The fourth-order valence-corrected chi connectivity index (χ4v) is 4.07. The second-order valence-electron chi connectivity index (χ2n) is 7.79. The minimum Gasteiger partial charge on any atom is -0.373 e. The van der Waals surface area contributed by atoms with E-state index in [9.17, 15) is 9.18 Å². The van der Waals surface area contributed by atoms with Crippen molar-refractivity contribution in [2.75, 3.05) is 19.7 Å². The highest BCUT2D eigenvalue weighted by molar-refractivity contribution is 5.81. The van der Waals surface area contributed by atoms with Crippen LogP contribution in [0, 0.1) is 12.8 Å². The third-order valence-electron chi connectivity index (χ3n) is 5.56. The van der Waals surface area contributed by atoms with Crippen LogP contribution in [0.3, 0.4) is 0 Å². The van der Waals surface area contributed by atoms with E-state index in [-0.39, 0.29) is 23.5 Å². The maximum Gasteiger partial charge on any atom is 0.226 e. The number of nitrogens with zero attached hydrogens (tertiary/aromatic N) is 2. The third kappa shape index (κ3) is 3.55. The van der Waals surface area contributed by atoms with E-state index in [1.54, 1.807) is 0 Å². The number of aromatic nitrogens is 1. The number of carbonyl (C=O) groups excluding carboxylic acids is 1. The molecule has 1 spiro atoms. The number of rotatable bonds is 4. The first-order valence-corrected chi connectivity index (χ1v) is 9.12. The predicted octanol–water partition coefficient (Wildman–Crippen LogP) is 2.41. The van der Waals surface area contributed by atoms with Gasteiger partial charge in [-0.15, -0.1) is 0 Å². The molecule has 136 valence electrons. The number of hydrogen-bond acceptors (Lipinski definition) is 4. The van der Waals surface area contributed by atoms with Gasteiger partial charge in [-0.2, -0.15) is 0 Å². The highest BCUT2D eigenvalue weighted by Crippen LogP contribution is 2.39. The Morgan fingerprint density at radius 1 is 1.44 bits per heavy atom. The van der Waals surface area contributed by atoms with E-state index in [0.717, 1.165) is 24.0 Å². The lowest BCUT2D eigenvalue weighted by atomic mass is 9.79. The molecule has 6 heteroatoms. The number of pyridine rings is 1. The molecule has 2 aliphatic heterocycles. The molecule has 1 aromatic rings. The number of likely N-dealkylation sites (tertiary alicyclic amines) is 1. The lowest BCUT2D eigenvalue weighted by Gasteiger charge is -2.54. The number of hydrogen-bond donors (Lipinski definition) is 0. The van der Waals surface area contributed by atoms with Crippen LogP contribution in [0.2, 0.25) is 0 Å². The summed E-state index contributed by atoms with van der Waals surface area (Å²) in [6.45, 7) is 4.47. The van der Waals surface area contributed by atoms with Crippen molar-refractivity contribution in [3.63, 3.8) is 0 Å². The minimum absolute atomic E-state index is 0.0944. The van der Waals surface area contributed by atoms with Crippen LogP contribution in [0.4, 0.5) is 4.39 Å². The summed E-state index contributed by atoms with van der Waals surface area (Å²) in [6.07, 6.45) is 5.49. The maximum absolute atomic E-state index is 12.9. The summed E-state index contributed by atoms with van der Waals surface area (Å²) in [7, 11) is 0. The van der Waals surface area contributed by atoms with Gasteiger partial charge in [-0.05, 0) is 37.3 Å². The first-order chi connectivity index (χ1) is 12.0. The van der Waals surface area contributed by atoms with E-state index < -0.39 is 6.17 Å². The van der Waals surface area contributed by atoms with Gasteiger partial charge in [0.15, 0.2) is 0 Å². The summed E-state index contributed by atoms with van der Waals surface area (Å²) in [6, 6.07) is 2.09. The number of aryl methyl sites for hydroxylation is 1. The van der Waals surface area contributed by atoms with Gasteiger partial charge >= 0.3 is 0 Å². The third-order valence-corrected chi connectivity index (χ3v) is 5.56. The normalized spacial score (nSPS) is 30.6. The van der Waals surface area contributed by atoms with Crippen molar-refractivity contribution in [1.82, 2.24) is 9.88 Å². The van der Waals surface area contributed by atoms with Gasteiger partial charge in [-0.1, -0.05) is 6.07 Å². The molecular weight excluding hydrogens is 323 g/mol. The van der Waals surface area contributed by atoms with Crippen molar-refractivity contribution in [2.45, 2.75) is 57.1 Å². The Bertz CT molecular complexity index is 641. The van der Waals surface area contributed by atoms with Crippen molar-refractivity contribution in [3.05, 3.63) is 29.6 Å². The largest absolute Gasteiger partial charge is 0.373 e. The Kier molecular flexibility index (Phi) is 4.50. The standard InChI is InChI=1S/C19H25FN2O3/c1-13-4-14(9-21-8-13)10-24-17-2-3-25-19(7-17)11-22(12-19)18(23)15-5-16(20)6-15/h4,8-9,15-17H,2-3,5-7,10-12H2,1H3. The minimum atomic E-state index is -0.788.